The van der Waals surface area contributed by atoms with Crippen LogP contribution < -0.4 is 5.56 Å². The van der Waals surface area contributed by atoms with Gasteiger partial charge in [-0.1, -0.05) is 39.8 Å². The molecule has 0 saturated carbocycles. The minimum Gasteiger partial charge on any atom is -0.378 e. The minimum absolute atomic E-state index is 0.0501. The molecule has 0 unspecified atom stereocenters. The number of carbonyl (C=O) groups is 1. The van der Waals surface area contributed by atoms with Crippen LogP contribution in [0.4, 0.5) is 0 Å². The molecule has 6 nitrogen and oxygen atoms in total. The fraction of sp³-hybridized carbons (Fsp3) is 0.421. The molecule has 144 valence electrons. The van der Waals surface area contributed by atoms with Gasteiger partial charge in [0, 0.05) is 42.3 Å². The second kappa shape index (κ2) is 9.03. The number of benzene rings is 1. The summed E-state index contributed by atoms with van der Waals surface area (Å²) in [4.78, 5) is 31.5. The molecule has 3 rings (SSSR count). The Bertz CT molecular complexity index is 877. The Morgan fingerprint density at radius 3 is 2.59 bits per heavy atom. The summed E-state index contributed by atoms with van der Waals surface area (Å²) in [5, 5.41) is 0.568. The van der Waals surface area contributed by atoms with Crippen molar-refractivity contribution in [3.05, 3.63) is 55.9 Å². The molecular weight excluding hydrogens is 430 g/mol. The Hall–Kier alpha value is -1.64. The summed E-state index contributed by atoms with van der Waals surface area (Å²) >= 11 is 4.73. The second-order valence-electron chi connectivity index (χ2n) is 6.41. The summed E-state index contributed by atoms with van der Waals surface area (Å²) < 4.78 is 7.82. The lowest BCUT2D eigenvalue weighted by atomic mass is 10.1. The van der Waals surface area contributed by atoms with Crippen molar-refractivity contribution in [1.82, 2.24) is 14.5 Å². The van der Waals surface area contributed by atoms with Crippen LogP contribution in [0.5, 0.6) is 0 Å². The number of hydrogen-bond donors (Lipinski definition) is 0. The van der Waals surface area contributed by atoms with Crippen molar-refractivity contribution in [3.8, 4) is 0 Å². The Labute approximate surface area is 171 Å². The van der Waals surface area contributed by atoms with E-state index in [0.29, 0.717) is 49.1 Å². The number of ether oxygens (including phenoxy) is 1. The SMILES string of the molecule is Cc1nc(SCC(=O)N2CCOCC2)n(C)c(=O)c1Cc1ccc(Br)cc1. The van der Waals surface area contributed by atoms with Crippen LogP contribution in [0.1, 0.15) is 16.8 Å². The van der Waals surface area contributed by atoms with E-state index in [9.17, 15) is 9.59 Å². The molecule has 0 aliphatic carbocycles. The first-order valence-corrected chi connectivity index (χ1v) is 10.5. The van der Waals surface area contributed by atoms with Crippen molar-refractivity contribution in [2.75, 3.05) is 32.1 Å². The van der Waals surface area contributed by atoms with Crippen LogP contribution in [0.3, 0.4) is 0 Å². The number of carbonyl (C=O) groups excluding carboxylic acids is 1. The number of hydrogen-bond acceptors (Lipinski definition) is 5. The van der Waals surface area contributed by atoms with Crippen molar-refractivity contribution in [3.63, 3.8) is 0 Å². The molecule has 8 heteroatoms. The van der Waals surface area contributed by atoms with Gasteiger partial charge in [-0.15, -0.1) is 0 Å². The largest absolute Gasteiger partial charge is 0.378 e. The molecule has 2 heterocycles. The average Bonchev–Trinajstić information content (AvgIpc) is 2.69. The first kappa shape index (κ1) is 20.1. The van der Waals surface area contributed by atoms with Crippen LogP contribution in [0.2, 0.25) is 0 Å². The summed E-state index contributed by atoms with van der Waals surface area (Å²) in [5.74, 6) is 0.320. The molecule has 2 aromatic rings. The molecule has 0 atom stereocenters. The fourth-order valence-corrected chi connectivity index (χ4v) is 4.08. The molecule has 27 heavy (non-hydrogen) atoms. The number of thioether (sulfide) groups is 1. The average molecular weight is 452 g/mol. The number of halogens is 1. The van der Waals surface area contributed by atoms with E-state index in [0.717, 1.165) is 10.0 Å². The Morgan fingerprint density at radius 1 is 1.26 bits per heavy atom. The molecule has 1 fully saturated rings. The zero-order chi connectivity index (χ0) is 19.4. The van der Waals surface area contributed by atoms with Crippen LogP contribution in [-0.2, 0) is 23.0 Å². The molecule has 0 N–H and O–H groups in total. The highest BCUT2D eigenvalue weighted by molar-refractivity contribution is 9.10. The number of nitrogens with zero attached hydrogens (tertiary/aromatic N) is 3. The maximum absolute atomic E-state index is 12.8. The highest BCUT2D eigenvalue weighted by Gasteiger charge is 2.19. The maximum atomic E-state index is 12.8. The highest BCUT2D eigenvalue weighted by atomic mass is 79.9. The van der Waals surface area contributed by atoms with Crippen molar-refractivity contribution >= 4 is 33.6 Å². The van der Waals surface area contributed by atoms with Gasteiger partial charge in [0.05, 0.1) is 19.0 Å². The summed E-state index contributed by atoms with van der Waals surface area (Å²) in [6.45, 7) is 4.26. The Morgan fingerprint density at radius 2 is 1.93 bits per heavy atom. The van der Waals surface area contributed by atoms with E-state index >= 15 is 0 Å². The van der Waals surface area contributed by atoms with Gasteiger partial charge in [0.1, 0.15) is 0 Å². The molecule has 1 aromatic carbocycles. The molecule has 1 aromatic heterocycles. The topological polar surface area (TPSA) is 64.4 Å². The van der Waals surface area contributed by atoms with E-state index in [4.69, 9.17) is 4.74 Å². The van der Waals surface area contributed by atoms with Crippen LogP contribution in [0.15, 0.2) is 38.7 Å². The van der Waals surface area contributed by atoms with Gasteiger partial charge >= 0.3 is 0 Å². The fourth-order valence-electron chi connectivity index (χ4n) is 2.90. The lowest BCUT2D eigenvalue weighted by Gasteiger charge is -2.26. The number of aryl methyl sites for hydroxylation is 1. The van der Waals surface area contributed by atoms with Crippen molar-refractivity contribution in [2.45, 2.75) is 18.5 Å². The smallest absolute Gasteiger partial charge is 0.257 e. The van der Waals surface area contributed by atoms with Gasteiger partial charge < -0.3 is 9.64 Å². The van der Waals surface area contributed by atoms with E-state index in [1.165, 1.54) is 11.8 Å². The van der Waals surface area contributed by atoms with E-state index in [2.05, 4.69) is 20.9 Å². The van der Waals surface area contributed by atoms with Crippen molar-refractivity contribution in [1.29, 1.82) is 0 Å². The Kier molecular flexibility index (Phi) is 6.73. The van der Waals surface area contributed by atoms with Gasteiger partial charge in [0.15, 0.2) is 5.16 Å². The predicted octanol–water partition coefficient (Wildman–Crippen LogP) is 2.39. The maximum Gasteiger partial charge on any atom is 0.257 e. The Balaban J connectivity index is 1.73. The van der Waals surface area contributed by atoms with Crippen LogP contribution in [0.25, 0.3) is 0 Å². The third-order valence-electron chi connectivity index (χ3n) is 4.53. The molecule has 1 saturated heterocycles. The molecule has 1 aliphatic rings. The van der Waals surface area contributed by atoms with E-state index in [-0.39, 0.29) is 17.2 Å². The molecule has 0 radical (unpaired) electrons. The number of aromatic nitrogens is 2. The van der Waals surface area contributed by atoms with Gasteiger partial charge in [0.25, 0.3) is 5.56 Å². The predicted molar refractivity (Wildman–Crippen MR) is 109 cm³/mol. The molecular formula is C19H22BrN3O3S. The van der Waals surface area contributed by atoms with Crippen LogP contribution in [-0.4, -0.2) is 52.4 Å². The van der Waals surface area contributed by atoms with Crippen molar-refractivity contribution in [2.24, 2.45) is 7.05 Å². The quantitative estimate of drug-likeness (QED) is 0.515. The van der Waals surface area contributed by atoms with Crippen LogP contribution >= 0.6 is 27.7 Å². The van der Waals surface area contributed by atoms with E-state index < -0.39 is 0 Å². The standard InChI is InChI=1S/C19H22BrN3O3S/c1-13-16(11-14-3-5-15(20)6-4-14)18(25)22(2)19(21-13)27-12-17(24)23-7-9-26-10-8-23/h3-6H,7-12H2,1-2H3. The monoisotopic (exact) mass is 451 g/mol. The normalized spacial score (nSPS) is 14.4. The van der Waals surface area contributed by atoms with Gasteiger partial charge in [-0.3, -0.25) is 14.2 Å². The number of amides is 1. The molecule has 1 aliphatic heterocycles. The first-order valence-electron chi connectivity index (χ1n) is 8.75. The summed E-state index contributed by atoms with van der Waals surface area (Å²) in [5.41, 5.74) is 2.39. The van der Waals surface area contributed by atoms with Gasteiger partial charge in [-0.05, 0) is 24.6 Å². The number of morpholine rings is 1. The number of rotatable bonds is 5. The van der Waals surface area contributed by atoms with Crippen molar-refractivity contribution < 1.29 is 9.53 Å². The van der Waals surface area contributed by atoms with Gasteiger partial charge in [0.2, 0.25) is 5.91 Å². The van der Waals surface area contributed by atoms with E-state index in [1.54, 1.807) is 16.5 Å². The lowest BCUT2D eigenvalue weighted by Crippen LogP contribution is -2.41. The van der Waals surface area contributed by atoms with Gasteiger partial charge in [-0.2, -0.15) is 0 Å². The highest BCUT2D eigenvalue weighted by Crippen LogP contribution is 2.18. The summed E-state index contributed by atoms with van der Waals surface area (Å²) in [6, 6.07) is 7.91. The summed E-state index contributed by atoms with van der Waals surface area (Å²) in [6.07, 6.45) is 0.538. The lowest BCUT2D eigenvalue weighted by molar-refractivity contribution is -0.132. The molecule has 0 bridgehead atoms. The van der Waals surface area contributed by atoms with E-state index in [1.807, 2.05) is 31.2 Å². The molecule has 1 amide bonds. The minimum atomic E-state index is -0.0632. The third-order valence-corrected chi connectivity index (χ3v) is 6.08. The first-order chi connectivity index (χ1) is 13.0. The summed E-state index contributed by atoms with van der Waals surface area (Å²) in [7, 11) is 1.71. The zero-order valence-electron chi connectivity index (χ0n) is 15.4. The molecule has 0 spiro atoms. The van der Waals surface area contributed by atoms with Crippen LogP contribution in [0, 0.1) is 6.92 Å². The zero-order valence-corrected chi connectivity index (χ0v) is 17.8. The third kappa shape index (κ3) is 5.00. The second-order valence-corrected chi connectivity index (χ2v) is 8.27. The van der Waals surface area contributed by atoms with Gasteiger partial charge in [-0.25, -0.2) is 4.98 Å².